The second-order valence-electron chi connectivity index (χ2n) is 4.31. The topological polar surface area (TPSA) is 12.0 Å². The van der Waals surface area contributed by atoms with Gasteiger partial charge in [0.2, 0.25) is 0 Å². The summed E-state index contributed by atoms with van der Waals surface area (Å²) in [7, 11) is 2.04. The molecule has 2 rings (SSSR count). The number of nitrogens with one attached hydrogen (secondary N) is 1. The Hall–Kier alpha value is 0.140. The molecule has 0 radical (unpaired) electrons. The van der Waals surface area contributed by atoms with E-state index < -0.39 is 0 Å². The molecule has 0 aromatic heterocycles. The van der Waals surface area contributed by atoms with Crippen LogP contribution in [0, 0.1) is 11.8 Å². The Balaban J connectivity index is 2.29. The lowest BCUT2D eigenvalue weighted by atomic mass is 10.0. The van der Waals surface area contributed by atoms with Gasteiger partial charge in [-0.1, -0.05) is 38.8 Å². The third-order valence-electron chi connectivity index (χ3n) is 3.20. The number of rotatable bonds is 3. The maximum Gasteiger partial charge on any atom is 0.0360 e. The van der Waals surface area contributed by atoms with E-state index >= 15 is 0 Å². The van der Waals surface area contributed by atoms with E-state index in [4.69, 9.17) is 0 Å². The van der Waals surface area contributed by atoms with Gasteiger partial charge >= 0.3 is 0 Å². The first-order valence-corrected chi connectivity index (χ1v) is 6.84. The molecule has 0 spiro atoms. The van der Waals surface area contributed by atoms with Crippen LogP contribution in [0.5, 0.6) is 0 Å². The fraction of sp³-hybridized carbons (Fsp3) is 0.500. The van der Waals surface area contributed by atoms with Crippen molar-refractivity contribution in [3.05, 3.63) is 32.7 Å². The van der Waals surface area contributed by atoms with Crippen molar-refractivity contribution in [3.63, 3.8) is 0 Å². The van der Waals surface area contributed by atoms with Crippen molar-refractivity contribution in [1.29, 1.82) is 0 Å². The number of benzene rings is 1. The second-order valence-corrected chi connectivity index (χ2v) is 6.08. The summed E-state index contributed by atoms with van der Waals surface area (Å²) in [6.07, 6.45) is 1.34. The SMILES string of the molecule is CNC(c1cc(Br)ccc1Br)C1CC1C. The van der Waals surface area contributed by atoms with Crippen LogP contribution >= 0.6 is 31.9 Å². The van der Waals surface area contributed by atoms with E-state index in [1.807, 2.05) is 7.05 Å². The molecule has 3 heteroatoms. The minimum Gasteiger partial charge on any atom is -0.313 e. The van der Waals surface area contributed by atoms with Crippen molar-refractivity contribution in [2.45, 2.75) is 19.4 Å². The van der Waals surface area contributed by atoms with E-state index in [1.54, 1.807) is 0 Å². The van der Waals surface area contributed by atoms with Crippen LogP contribution in [0.4, 0.5) is 0 Å². The zero-order valence-corrected chi connectivity index (χ0v) is 12.1. The third kappa shape index (κ3) is 2.45. The lowest BCUT2D eigenvalue weighted by Crippen LogP contribution is -2.19. The van der Waals surface area contributed by atoms with Crippen molar-refractivity contribution < 1.29 is 0 Å². The number of hydrogen-bond donors (Lipinski definition) is 1. The van der Waals surface area contributed by atoms with Gasteiger partial charge in [-0.05, 0) is 49.1 Å². The fourth-order valence-corrected chi connectivity index (χ4v) is 3.04. The van der Waals surface area contributed by atoms with E-state index in [1.165, 1.54) is 16.5 Å². The molecule has 1 fully saturated rings. The molecule has 3 unspecified atom stereocenters. The molecule has 1 nitrogen and oxygen atoms in total. The largest absolute Gasteiger partial charge is 0.313 e. The Morgan fingerprint density at radius 3 is 2.60 bits per heavy atom. The molecule has 82 valence electrons. The molecule has 1 aromatic carbocycles. The summed E-state index contributed by atoms with van der Waals surface area (Å²) in [4.78, 5) is 0. The molecule has 0 bridgehead atoms. The average molecular weight is 333 g/mol. The van der Waals surface area contributed by atoms with Crippen molar-refractivity contribution >= 4 is 31.9 Å². The van der Waals surface area contributed by atoms with E-state index in [-0.39, 0.29) is 0 Å². The van der Waals surface area contributed by atoms with Crippen molar-refractivity contribution in [2.75, 3.05) is 7.05 Å². The highest BCUT2D eigenvalue weighted by Gasteiger charge is 2.40. The Morgan fingerprint density at radius 1 is 1.40 bits per heavy atom. The molecule has 1 N–H and O–H groups in total. The van der Waals surface area contributed by atoms with Gasteiger partial charge in [-0.25, -0.2) is 0 Å². The molecule has 1 aliphatic rings. The minimum atomic E-state index is 0.479. The van der Waals surface area contributed by atoms with Crippen LogP contribution in [0.25, 0.3) is 0 Å². The van der Waals surface area contributed by atoms with Gasteiger partial charge < -0.3 is 5.32 Å². The Bertz CT molecular complexity index is 365. The number of halogens is 2. The summed E-state index contributed by atoms with van der Waals surface area (Å²) in [5.41, 5.74) is 1.36. The summed E-state index contributed by atoms with van der Waals surface area (Å²) in [5.74, 6) is 1.65. The van der Waals surface area contributed by atoms with Crippen molar-refractivity contribution in [3.8, 4) is 0 Å². The van der Waals surface area contributed by atoms with Gasteiger partial charge in [-0.3, -0.25) is 0 Å². The summed E-state index contributed by atoms with van der Waals surface area (Å²) in [5, 5.41) is 3.43. The van der Waals surface area contributed by atoms with Gasteiger partial charge in [-0.2, -0.15) is 0 Å². The standard InChI is InChI=1S/C12H15Br2N/c1-7-5-9(7)12(15-2)10-6-8(13)3-4-11(10)14/h3-4,6-7,9,12,15H,5H2,1-2H3. The molecule has 1 saturated carbocycles. The molecule has 0 amide bonds. The molecular formula is C12H15Br2N. The van der Waals surface area contributed by atoms with Gasteiger partial charge in [0.15, 0.2) is 0 Å². The van der Waals surface area contributed by atoms with Crippen LogP contribution < -0.4 is 5.32 Å². The summed E-state index contributed by atoms with van der Waals surface area (Å²) in [6.45, 7) is 2.32. The van der Waals surface area contributed by atoms with E-state index in [9.17, 15) is 0 Å². The van der Waals surface area contributed by atoms with Gasteiger partial charge in [-0.15, -0.1) is 0 Å². The van der Waals surface area contributed by atoms with Crippen LogP contribution in [0.3, 0.4) is 0 Å². The first-order chi connectivity index (χ1) is 7.13. The Morgan fingerprint density at radius 2 is 2.07 bits per heavy atom. The van der Waals surface area contributed by atoms with Crippen LogP contribution in [0.2, 0.25) is 0 Å². The van der Waals surface area contributed by atoms with E-state index in [2.05, 4.69) is 62.3 Å². The minimum absolute atomic E-state index is 0.479. The Labute approximate surface area is 108 Å². The molecule has 0 aliphatic heterocycles. The Kier molecular flexibility index (Phi) is 3.53. The van der Waals surface area contributed by atoms with Gasteiger partial charge in [0, 0.05) is 15.0 Å². The van der Waals surface area contributed by atoms with Crippen molar-refractivity contribution in [2.24, 2.45) is 11.8 Å². The van der Waals surface area contributed by atoms with Crippen molar-refractivity contribution in [1.82, 2.24) is 5.32 Å². The van der Waals surface area contributed by atoms with Crippen LogP contribution in [-0.4, -0.2) is 7.05 Å². The highest BCUT2D eigenvalue weighted by atomic mass is 79.9. The lowest BCUT2D eigenvalue weighted by Gasteiger charge is -2.18. The number of hydrogen-bond acceptors (Lipinski definition) is 1. The molecule has 3 atom stereocenters. The van der Waals surface area contributed by atoms with E-state index in [0.29, 0.717) is 6.04 Å². The normalized spacial score (nSPS) is 26.4. The average Bonchev–Trinajstić information content (AvgIpc) is 2.90. The first-order valence-electron chi connectivity index (χ1n) is 5.25. The van der Waals surface area contributed by atoms with Gasteiger partial charge in [0.1, 0.15) is 0 Å². The zero-order valence-electron chi connectivity index (χ0n) is 8.93. The predicted molar refractivity (Wildman–Crippen MR) is 70.9 cm³/mol. The van der Waals surface area contributed by atoms with Gasteiger partial charge in [0.05, 0.1) is 0 Å². The lowest BCUT2D eigenvalue weighted by molar-refractivity contribution is 0.502. The molecule has 1 aromatic rings. The monoisotopic (exact) mass is 331 g/mol. The molecular weight excluding hydrogens is 318 g/mol. The summed E-state index contributed by atoms with van der Waals surface area (Å²) >= 11 is 7.16. The quantitative estimate of drug-likeness (QED) is 0.877. The first kappa shape index (κ1) is 11.6. The maximum atomic E-state index is 3.63. The zero-order chi connectivity index (χ0) is 11.0. The second kappa shape index (κ2) is 4.56. The van der Waals surface area contributed by atoms with Gasteiger partial charge in [0.25, 0.3) is 0 Å². The molecule has 15 heavy (non-hydrogen) atoms. The molecule has 1 aliphatic carbocycles. The third-order valence-corrected chi connectivity index (χ3v) is 4.42. The molecule has 0 saturated heterocycles. The molecule has 0 heterocycles. The van der Waals surface area contributed by atoms with Crippen LogP contribution in [0.15, 0.2) is 27.1 Å². The predicted octanol–water partition coefficient (Wildman–Crippen LogP) is 4.13. The maximum absolute atomic E-state index is 3.63. The smallest absolute Gasteiger partial charge is 0.0360 e. The van der Waals surface area contributed by atoms with Crippen LogP contribution in [0.1, 0.15) is 24.9 Å². The summed E-state index contributed by atoms with van der Waals surface area (Å²) < 4.78 is 2.35. The van der Waals surface area contributed by atoms with Crippen LogP contribution in [-0.2, 0) is 0 Å². The highest BCUT2D eigenvalue weighted by molar-refractivity contribution is 9.11. The highest BCUT2D eigenvalue weighted by Crippen LogP contribution is 2.48. The van der Waals surface area contributed by atoms with E-state index in [0.717, 1.165) is 16.3 Å². The summed E-state index contributed by atoms with van der Waals surface area (Å²) in [6, 6.07) is 6.86. The fourth-order valence-electron chi connectivity index (χ4n) is 2.17.